The molecule has 4 aromatic rings. The van der Waals surface area contributed by atoms with E-state index in [0.29, 0.717) is 0 Å². The number of thioether (sulfide) groups is 1. The smallest absolute Gasteiger partial charge is 0.146 e. The SMILES string of the molecule is Cc1ccc(-n2ncc3c(C)nnc(SCc4cccnc4)c32)cc1. The molecule has 0 spiro atoms. The minimum absolute atomic E-state index is 0.791. The number of aromatic nitrogens is 5. The van der Waals surface area contributed by atoms with Gasteiger partial charge < -0.3 is 0 Å². The molecular weight excluding hydrogens is 330 g/mol. The lowest BCUT2D eigenvalue weighted by atomic mass is 10.2. The second-order valence-corrected chi connectivity index (χ2v) is 6.86. The molecule has 0 aliphatic carbocycles. The van der Waals surface area contributed by atoms with Crippen molar-refractivity contribution in [1.29, 1.82) is 0 Å². The average molecular weight is 347 g/mol. The van der Waals surface area contributed by atoms with E-state index in [1.165, 1.54) is 5.56 Å². The second kappa shape index (κ2) is 6.64. The van der Waals surface area contributed by atoms with Crippen LogP contribution in [0.1, 0.15) is 16.8 Å². The summed E-state index contributed by atoms with van der Waals surface area (Å²) in [5.41, 5.74) is 5.30. The van der Waals surface area contributed by atoms with Gasteiger partial charge in [-0.2, -0.15) is 10.2 Å². The summed E-state index contributed by atoms with van der Waals surface area (Å²) in [6.07, 6.45) is 5.53. The summed E-state index contributed by atoms with van der Waals surface area (Å²) >= 11 is 1.65. The topological polar surface area (TPSA) is 56.5 Å². The van der Waals surface area contributed by atoms with E-state index in [-0.39, 0.29) is 0 Å². The van der Waals surface area contributed by atoms with Crippen LogP contribution in [-0.4, -0.2) is 25.0 Å². The number of hydrogen-bond acceptors (Lipinski definition) is 5. The van der Waals surface area contributed by atoms with E-state index in [0.717, 1.165) is 38.6 Å². The van der Waals surface area contributed by atoms with Gasteiger partial charge in [0.2, 0.25) is 0 Å². The number of fused-ring (bicyclic) bond motifs is 1. The van der Waals surface area contributed by atoms with Crippen LogP contribution < -0.4 is 0 Å². The van der Waals surface area contributed by atoms with Crippen LogP contribution in [0.15, 0.2) is 60.0 Å². The number of hydrogen-bond donors (Lipinski definition) is 0. The third kappa shape index (κ3) is 3.13. The number of benzene rings is 1. The van der Waals surface area contributed by atoms with Crippen LogP contribution in [0.4, 0.5) is 0 Å². The second-order valence-electron chi connectivity index (χ2n) is 5.89. The van der Waals surface area contributed by atoms with Crippen molar-refractivity contribution in [3.8, 4) is 5.69 Å². The van der Waals surface area contributed by atoms with Gasteiger partial charge in [-0.15, -0.1) is 5.10 Å². The van der Waals surface area contributed by atoms with Gasteiger partial charge in [-0.3, -0.25) is 4.98 Å². The van der Waals surface area contributed by atoms with E-state index < -0.39 is 0 Å². The lowest BCUT2D eigenvalue weighted by Gasteiger charge is -2.08. The van der Waals surface area contributed by atoms with Crippen molar-refractivity contribution in [3.05, 3.63) is 71.8 Å². The van der Waals surface area contributed by atoms with Crippen molar-refractivity contribution in [2.45, 2.75) is 24.6 Å². The average Bonchev–Trinajstić information content (AvgIpc) is 3.09. The molecule has 0 bridgehead atoms. The molecule has 124 valence electrons. The van der Waals surface area contributed by atoms with E-state index in [1.807, 2.05) is 30.1 Å². The molecule has 0 saturated heterocycles. The van der Waals surface area contributed by atoms with Crippen molar-refractivity contribution in [1.82, 2.24) is 25.0 Å². The molecule has 4 rings (SSSR count). The molecule has 3 aromatic heterocycles. The summed E-state index contributed by atoms with van der Waals surface area (Å²) in [5.74, 6) is 0.791. The van der Waals surface area contributed by atoms with Gasteiger partial charge in [0.25, 0.3) is 0 Å². The Morgan fingerprint density at radius 3 is 2.60 bits per heavy atom. The summed E-state index contributed by atoms with van der Waals surface area (Å²) in [5, 5.41) is 15.2. The number of pyridine rings is 1. The predicted molar refractivity (Wildman–Crippen MR) is 99.9 cm³/mol. The van der Waals surface area contributed by atoms with Gasteiger partial charge >= 0.3 is 0 Å². The van der Waals surface area contributed by atoms with E-state index in [1.54, 1.807) is 18.0 Å². The van der Waals surface area contributed by atoms with Crippen molar-refractivity contribution >= 4 is 22.7 Å². The zero-order valence-corrected chi connectivity index (χ0v) is 14.9. The standard InChI is InChI=1S/C19H17N5S/c1-13-5-7-16(8-6-13)24-18-17(11-21-24)14(2)22-23-19(18)25-12-15-4-3-9-20-10-15/h3-11H,12H2,1-2H3. The molecular formula is C19H17N5S. The molecule has 0 amide bonds. The molecule has 0 aliphatic rings. The molecule has 0 unspecified atom stereocenters. The Bertz CT molecular complexity index is 1010. The summed E-state index contributed by atoms with van der Waals surface area (Å²) in [7, 11) is 0. The van der Waals surface area contributed by atoms with E-state index in [9.17, 15) is 0 Å². The normalized spacial score (nSPS) is 11.1. The van der Waals surface area contributed by atoms with Crippen LogP contribution in [0.3, 0.4) is 0 Å². The molecule has 0 fully saturated rings. The summed E-state index contributed by atoms with van der Waals surface area (Å²) < 4.78 is 1.95. The minimum Gasteiger partial charge on any atom is -0.264 e. The highest BCUT2D eigenvalue weighted by Gasteiger charge is 2.15. The fourth-order valence-corrected chi connectivity index (χ4v) is 3.56. The molecule has 0 atom stereocenters. The number of rotatable bonds is 4. The Kier molecular flexibility index (Phi) is 4.19. The third-order valence-corrected chi connectivity index (χ3v) is 5.06. The molecule has 3 heterocycles. The van der Waals surface area contributed by atoms with E-state index in [2.05, 4.69) is 57.5 Å². The molecule has 25 heavy (non-hydrogen) atoms. The van der Waals surface area contributed by atoms with Crippen LogP contribution in [0.2, 0.25) is 0 Å². The van der Waals surface area contributed by atoms with Crippen molar-refractivity contribution in [2.75, 3.05) is 0 Å². The Morgan fingerprint density at radius 1 is 1.00 bits per heavy atom. The molecule has 0 saturated carbocycles. The largest absolute Gasteiger partial charge is 0.264 e. The lowest BCUT2D eigenvalue weighted by Crippen LogP contribution is -2.00. The maximum atomic E-state index is 4.58. The van der Waals surface area contributed by atoms with Crippen LogP contribution in [0, 0.1) is 13.8 Å². The Labute approximate surface area is 150 Å². The maximum absolute atomic E-state index is 4.58. The van der Waals surface area contributed by atoms with Crippen molar-refractivity contribution < 1.29 is 0 Å². The Balaban J connectivity index is 1.77. The first-order valence-corrected chi connectivity index (χ1v) is 9.01. The number of nitrogens with zero attached hydrogens (tertiary/aromatic N) is 5. The monoisotopic (exact) mass is 347 g/mol. The summed E-state index contributed by atoms with van der Waals surface area (Å²) in [4.78, 5) is 4.17. The van der Waals surface area contributed by atoms with Crippen LogP contribution in [0.5, 0.6) is 0 Å². The third-order valence-electron chi connectivity index (χ3n) is 4.03. The van der Waals surface area contributed by atoms with E-state index in [4.69, 9.17) is 0 Å². The predicted octanol–water partition coefficient (Wildman–Crippen LogP) is 4.12. The van der Waals surface area contributed by atoms with Crippen LogP contribution in [0.25, 0.3) is 16.6 Å². The Hall–Kier alpha value is -2.73. The van der Waals surface area contributed by atoms with Gasteiger partial charge in [0.1, 0.15) is 10.5 Å². The highest BCUT2D eigenvalue weighted by Crippen LogP contribution is 2.30. The van der Waals surface area contributed by atoms with Gasteiger partial charge in [0, 0.05) is 23.5 Å². The highest BCUT2D eigenvalue weighted by molar-refractivity contribution is 7.98. The summed E-state index contributed by atoms with van der Waals surface area (Å²) in [6, 6.07) is 12.3. The first kappa shape index (κ1) is 15.8. The quantitative estimate of drug-likeness (QED) is 0.520. The molecule has 1 aromatic carbocycles. The molecule has 6 heteroatoms. The molecule has 5 nitrogen and oxygen atoms in total. The number of aryl methyl sites for hydroxylation is 2. The fraction of sp³-hybridized carbons (Fsp3) is 0.158. The first-order chi connectivity index (χ1) is 12.2. The molecule has 0 N–H and O–H groups in total. The highest BCUT2D eigenvalue weighted by atomic mass is 32.2. The van der Waals surface area contributed by atoms with Gasteiger partial charge in [0.15, 0.2) is 0 Å². The molecule has 0 radical (unpaired) electrons. The van der Waals surface area contributed by atoms with Gasteiger partial charge in [-0.25, -0.2) is 4.68 Å². The van der Waals surface area contributed by atoms with Crippen molar-refractivity contribution in [2.24, 2.45) is 0 Å². The van der Waals surface area contributed by atoms with Gasteiger partial charge in [-0.1, -0.05) is 35.5 Å². The fourth-order valence-electron chi connectivity index (χ4n) is 2.65. The minimum atomic E-state index is 0.791. The van der Waals surface area contributed by atoms with E-state index >= 15 is 0 Å². The first-order valence-electron chi connectivity index (χ1n) is 8.02. The summed E-state index contributed by atoms with van der Waals surface area (Å²) in [6.45, 7) is 4.04. The zero-order chi connectivity index (χ0) is 17.2. The molecule has 0 aliphatic heterocycles. The van der Waals surface area contributed by atoms with Crippen LogP contribution in [-0.2, 0) is 5.75 Å². The lowest BCUT2D eigenvalue weighted by molar-refractivity contribution is 0.867. The maximum Gasteiger partial charge on any atom is 0.146 e. The Morgan fingerprint density at radius 2 is 1.84 bits per heavy atom. The van der Waals surface area contributed by atoms with Gasteiger partial charge in [0.05, 0.1) is 17.6 Å². The van der Waals surface area contributed by atoms with Crippen LogP contribution >= 0.6 is 11.8 Å². The zero-order valence-electron chi connectivity index (χ0n) is 14.0. The van der Waals surface area contributed by atoms with Gasteiger partial charge in [-0.05, 0) is 37.6 Å². The van der Waals surface area contributed by atoms with Crippen molar-refractivity contribution in [3.63, 3.8) is 0 Å².